The van der Waals surface area contributed by atoms with Crippen molar-refractivity contribution < 1.29 is 0 Å². The molecule has 1 aliphatic heterocycles. The summed E-state index contributed by atoms with van der Waals surface area (Å²) in [6.07, 6.45) is 10.3. The maximum Gasteiger partial charge on any atom is 0.0607 e. The topological polar surface area (TPSA) is 53.1 Å². The molecule has 0 unspecified atom stereocenters. The first kappa shape index (κ1) is 24.9. The van der Waals surface area contributed by atoms with E-state index in [1.807, 2.05) is 18.6 Å². The average Bonchev–Trinajstić information content (AvgIpc) is 2.98. The van der Waals surface area contributed by atoms with Crippen molar-refractivity contribution in [2.45, 2.75) is 63.9 Å². The van der Waals surface area contributed by atoms with Gasteiger partial charge in [-0.25, -0.2) is 0 Å². The molecule has 4 aromatic rings. The van der Waals surface area contributed by atoms with Crippen LogP contribution in [0.15, 0.2) is 91.4 Å². The van der Waals surface area contributed by atoms with Gasteiger partial charge in [-0.15, -0.1) is 0 Å². The number of benzene rings is 2. The minimum Gasteiger partial charge on any atom is -0.309 e. The van der Waals surface area contributed by atoms with Gasteiger partial charge in [0.25, 0.3) is 0 Å². The summed E-state index contributed by atoms with van der Waals surface area (Å²) >= 11 is 0. The van der Waals surface area contributed by atoms with Crippen molar-refractivity contribution in [3.8, 4) is 0 Å². The molecule has 2 aromatic heterocycles. The predicted octanol–water partition coefficient (Wildman–Crippen LogP) is 5.36. The Morgan fingerprint density at radius 1 is 0.789 bits per heavy atom. The third kappa shape index (κ3) is 6.02. The van der Waals surface area contributed by atoms with Crippen molar-refractivity contribution in [2.75, 3.05) is 6.54 Å². The lowest BCUT2D eigenvalue weighted by Gasteiger charge is -2.38. The van der Waals surface area contributed by atoms with Gasteiger partial charge in [0.1, 0.15) is 0 Å². The van der Waals surface area contributed by atoms with Crippen LogP contribution in [0.3, 0.4) is 0 Å². The molecule has 0 bridgehead atoms. The van der Waals surface area contributed by atoms with Gasteiger partial charge in [-0.2, -0.15) is 0 Å². The van der Waals surface area contributed by atoms with Crippen molar-refractivity contribution >= 4 is 0 Å². The molecule has 0 saturated heterocycles. The van der Waals surface area contributed by atoms with Gasteiger partial charge in [-0.05, 0) is 77.3 Å². The third-order valence-electron chi connectivity index (χ3n) is 8.04. The second-order valence-electron chi connectivity index (χ2n) is 10.7. The zero-order valence-corrected chi connectivity index (χ0v) is 22.0. The first-order valence-electron chi connectivity index (χ1n) is 14.0. The molecule has 5 heteroatoms. The number of nitrogens with zero attached hydrogens (tertiary/aromatic N) is 3. The first-order valence-corrected chi connectivity index (χ1v) is 14.0. The molecule has 2 N–H and O–H groups in total. The summed E-state index contributed by atoms with van der Waals surface area (Å²) in [5, 5.41) is 7.37. The van der Waals surface area contributed by atoms with Gasteiger partial charge in [-0.1, -0.05) is 54.6 Å². The summed E-state index contributed by atoms with van der Waals surface area (Å²) in [4.78, 5) is 11.7. The molecule has 2 aromatic carbocycles. The highest BCUT2D eigenvalue weighted by molar-refractivity contribution is 5.31. The van der Waals surface area contributed by atoms with Gasteiger partial charge in [0.15, 0.2) is 0 Å². The van der Waals surface area contributed by atoms with E-state index in [0.29, 0.717) is 12.1 Å². The minimum absolute atomic E-state index is 0.362. The van der Waals surface area contributed by atoms with Crippen LogP contribution in [0.4, 0.5) is 0 Å². The summed E-state index contributed by atoms with van der Waals surface area (Å²) in [7, 11) is 0. The number of fused-ring (bicyclic) bond motifs is 2. The molecule has 0 radical (unpaired) electrons. The highest BCUT2D eigenvalue weighted by atomic mass is 15.2. The minimum atomic E-state index is 0.362. The molecule has 1 aliphatic carbocycles. The Hall–Kier alpha value is -3.38. The van der Waals surface area contributed by atoms with E-state index in [1.54, 1.807) is 0 Å². The second kappa shape index (κ2) is 12.0. The highest BCUT2D eigenvalue weighted by Crippen LogP contribution is 2.34. The molecule has 0 spiro atoms. The molecule has 6 rings (SSSR count). The van der Waals surface area contributed by atoms with E-state index < -0.39 is 0 Å². The van der Waals surface area contributed by atoms with Crippen molar-refractivity contribution in [2.24, 2.45) is 0 Å². The number of hydrogen-bond acceptors (Lipinski definition) is 5. The molecule has 38 heavy (non-hydrogen) atoms. The largest absolute Gasteiger partial charge is 0.309 e. The number of rotatable bonds is 9. The number of pyridine rings is 2. The Balaban J connectivity index is 1.16. The predicted molar refractivity (Wildman–Crippen MR) is 152 cm³/mol. The summed E-state index contributed by atoms with van der Waals surface area (Å²) in [5.41, 5.74) is 9.56. The molecule has 194 valence electrons. The van der Waals surface area contributed by atoms with Crippen LogP contribution in [-0.2, 0) is 39.0 Å². The van der Waals surface area contributed by atoms with E-state index in [9.17, 15) is 0 Å². The van der Waals surface area contributed by atoms with Crippen LogP contribution in [0.2, 0.25) is 0 Å². The lowest BCUT2D eigenvalue weighted by molar-refractivity contribution is 0.145. The fourth-order valence-electron chi connectivity index (χ4n) is 6.02. The third-order valence-corrected chi connectivity index (χ3v) is 8.04. The van der Waals surface area contributed by atoms with Crippen LogP contribution in [-0.4, -0.2) is 27.5 Å². The molecule has 0 fully saturated rings. The SMILES string of the molecule is c1ccc2c(c1)CN[C@@H](CN(Cc1ccc(CNCc3ccncc3)cc1)[C@H]1CCCc3cccnc31)C2. The summed E-state index contributed by atoms with van der Waals surface area (Å²) in [6, 6.07) is 27.3. The van der Waals surface area contributed by atoms with Crippen LogP contribution < -0.4 is 10.6 Å². The van der Waals surface area contributed by atoms with Gasteiger partial charge >= 0.3 is 0 Å². The van der Waals surface area contributed by atoms with E-state index in [1.165, 1.54) is 51.9 Å². The van der Waals surface area contributed by atoms with E-state index in [0.717, 1.165) is 45.6 Å². The first-order chi connectivity index (χ1) is 18.8. The van der Waals surface area contributed by atoms with Crippen LogP contribution in [0.25, 0.3) is 0 Å². The quantitative estimate of drug-likeness (QED) is 0.322. The summed E-state index contributed by atoms with van der Waals surface area (Å²) in [6.45, 7) is 4.62. The fraction of sp³-hybridized carbons (Fsp3) is 0.333. The maximum absolute atomic E-state index is 4.89. The Morgan fingerprint density at radius 3 is 2.37 bits per heavy atom. The van der Waals surface area contributed by atoms with Crippen LogP contribution in [0.1, 0.15) is 58.0 Å². The molecule has 0 saturated carbocycles. The number of aryl methyl sites for hydroxylation is 1. The Morgan fingerprint density at radius 2 is 1.53 bits per heavy atom. The monoisotopic (exact) mass is 503 g/mol. The van der Waals surface area contributed by atoms with Gasteiger partial charge < -0.3 is 10.6 Å². The van der Waals surface area contributed by atoms with Crippen LogP contribution in [0, 0.1) is 0 Å². The highest BCUT2D eigenvalue weighted by Gasteiger charge is 2.30. The van der Waals surface area contributed by atoms with Crippen LogP contribution in [0.5, 0.6) is 0 Å². The Bertz CT molecular complexity index is 1320. The number of hydrogen-bond donors (Lipinski definition) is 2. The molecule has 2 atom stereocenters. The average molecular weight is 504 g/mol. The van der Waals surface area contributed by atoms with Crippen molar-refractivity contribution in [3.05, 3.63) is 130 Å². The van der Waals surface area contributed by atoms with Crippen molar-refractivity contribution in [1.29, 1.82) is 0 Å². The summed E-state index contributed by atoms with van der Waals surface area (Å²) < 4.78 is 0. The van der Waals surface area contributed by atoms with E-state index >= 15 is 0 Å². The molecule has 5 nitrogen and oxygen atoms in total. The molecule has 3 heterocycles. The van der Waals surface area contributed by atoms with E-state index in [2.05, 4.69) is 93.3 Å². The standard InChI is InChI=1S/C33H37N5/c1-2-6-30-22-37-31(19-29(30)5-1)24-38(32-9-3-7-28-8-4-16-36-33(28)32)23-27-12-10-25(11-13-27)20-35-21-26-14-17-34-18-15-26/h1-2,4-6,8,10-18,31-32,35,37H,3,7,9,19-24H2/t31-,32+/m1/s1. The summed E-state index contributed by atoms with van der Waals surface area (Å²) in [5.74, 6) is 0. The lowest BCUT2D eigenvalue weighted by Crippen LogP contribution is -2.46. The van der Waals surface area contributed by atoms with Crippen LogP contribution >= 0.6 is 0 Å². The number of nitrogens with one attached hydrogen (secondary N) is 2. The smallest absolute Gasteiger partial charge is 0.0607 e. The van der Waals surface area contributed by atoms with E-state index in [-0.39, 0.29) is 0 Å². The Kier molecular flexibility index (Phi) is 7.87. The van der Waals surface area contributed by atoms with Crippen molar-refractivity contribution in [3.63, 3.8) is 0 Å². The number of aromatic nitrogens is 2. The zero-order chi connectivity index (χ0) is 25.6. The molecular weight excluding hydrogens is 466 g/mol. The van der Waals surface area contributed by atoms with Gasteiger partial charge in [0.05, 0.1) is 11.7 Å². The fourth-order valence-corrected chi connectivity index (χ4v) is 6.02. The molecule has 2 aliphatic rings. The normalized spacial score (nSPS) is 18.7. The molecule has 0 amide bonds. The van der Waals surface area contributed by atoms with Crippen molar-refractivity contribution in [1.82, 2.24) is 25.5 Å². The second-order valence-corrected chi connectivity index (χ2v) is 10.7. The van der Waals surface area contributed by atoms with Gasteiger partial charge in [0, 0.05) is 57.4 Å². The van der Waals surface area contributed by atoms with E-state index in [4.69, 9.17) is 4.98 Å². The Labute approximate surface area is 226 Å². The lowest BCUT2D eigenvalue weighted by atomic mass is 9.89. The van der Waals surface area contributed by atoms with Gasteiger partial charge in [0.2, 0.25) is 0 Å². The zero-order valence-electron chi connectivity index (χ0n) is 22.0. The van der Waals surface area contributed by atoms with Gasteiger partial charge in [-0.3, -0.25) is 14.9 Å². The maximum atomic E-state index is 4.89. The molecular formula is C33H37N5.